The van der Waals surface area contributed by atoms with E-state index >= 15 is 0 Å². The average Bonchev–Trinajstić information content (AvgIpc) is 2.76. The normalized spacial score (nSPS) is 11.2. The van der Waals surface area contributed by atoms with Crippen LogP contribution in [0.1, 0.15) is 17.3 Å². The van der Waals surface area contributed by atoms with Crippen LogP contribution in [-0.2, 0) is 4.79 Å². The van der Waals surface area contributed by atoms with E-state index in [2.05, 4.69) is 38.1 Å². The lowest BCUT2D eigenvalue weighted by molar-refractivity contribution is -0.112. The Morgan fingerprint density at radius 2 is 1.91 bits per heavy atom. The van der Waals surface area contributed by atoms with E-state index in [-0.39, 0.29) is 11.1 Å². The molecule has 2 aromatic rings. The molecule has 1 aromatic heterocycles. The van der Waals surface area contributed by atoms with E-state index in [4.69, 9.17) is 17.0 Å². The lowest BCUT2D eigenvalue weighted by Gasteiger charge is -2.14. The molecule has 0 aliphatic rings. The van der Waals surface area contributed by atoms with Crippen molar-refractivity contribution in [2.45, 2.75) is 6.92 Å². The molecule has 0 spiro atoms. The summed E-state index contributed by atoms with van der Waals surface area (Å²) in [7, 11) is 3.53. The molecular formula is C23H23BrClN5O2. The van der Waals surface area contributed by atoms with Crippen LogP contribution >= 0.6 is 27.5 Å². The summed E-state index contributed by atoms with van der Waals surface area (Å²) in [6, 6.07) is 8.10. The summed E-state index contributed by atoms with van der Waals surface area (Å²) >= 11 is 9.17. The molecule has 1 aromatic carbocycles. The molecule has 32 heavy (non-hydrogen) atoms. The maximum Gasteiger partial charge on any atom is 0.258 e. The number of allylic oxidation sites excluding steroid dienone is 1. The van der Waals surface area contributed by atoms with E-state index in [1.165, 1.54) is 12.3 Å². The molecule has 7 nitrogen and oxygen atoms in total. The number of aromatic nitrogens is 1. The summed E-state index contributed by atoms with van der Waals surface area (Å²) < 4.78 is 0.670. The van der Waals surface area contributed by atoms with Gasteiger partial charge in [-0.05, 0) is 43.3 Å². The van der Waals surface area contributed by atoms with Crippen molar-refractivity contribution in [2.24, 2.45) is 0 Å². The first kappa shape index (κ1) is 25.0. The van der Waals surface area contributed by atoms with Crippen LogP contribution in [0.4, 0.5) is 11.5 Å². The van der Waals surface area contributed by atoms with E-state index in [1.54, 1.807) is 61.5 Å². The number of hydrogen-bond acceptors (Lipinski definition) is 4. The Hall–Kier alpha value is -3.23. The maximum atomic E-state index is 12.8. The van der Waals surface area contributed by atoms with Gasteiger partial charge in [0.05, 0.1) is 16.3 Å². The highest BCUT2D eigenvalue weighted by atomic mass is 79.9. The molecule has 2 rings (SSSR count). The number of nitrogens with one attached hydrogen (secondary N) is 3. The number of carbonyl (C=O) groups excluding carboxylic acids is 2. The minimum absolute atomic E-state index is 0.171. The van der Waals surface area contributed by atoms with Crippen molar-refractivity contribution in [3.63, 3.8) is 0 Å². The lowest BCUT2D eigenvalue weighted by Crippen LogP contribution is -2.22. The third-order valence-corrected chi connectivity index (χ3v) is 4.95. The van der Waals surface area contributed by atoms with Crippen LogP contribution in [0.2, 0.25) is 5.02 Å². The van der Waals surface area contributed by atoms with Crippen molar-refractivity contribution in [1.29, 1.82) is 5.41 Å². The number of hydrogen-bond donors (Lipinski definition) is 3. The van der Waals surface area contributed by atoms with Gasteiger partial charge in [-0.3, -0.25) is 15.0 Å². The number of halogens is 2. The van der Waals surface area contributed by atoms with Crippen molar-refractivity contribution in [3.8, 4) is 0 Å². The van der Waals surface area contributed by atoms with Crippen molar-refractivity contribution >= 4 is 56.7 Å². The average molecular weight is 517 g/mol. The number of amides is 2. The SMILES string of the molecule is C=C(/C=C\C(=C/C)C(=N)N(C)C)C(=O)Nc1ccc(Br)cc1C(=O)Nc1ccc(Cl)cn1. The number of benzene rings is 1. The predicted molar refractivity (Wildman–Crippen MR) is 133 cm³/mol. The van der Waals surface area contributed by atoms with Crippen LogP contribution in [0.3, 0.4) is 0 Å². The summed E-state index contributed by atoms with van der Waals surface area (Å²) in [5, 5.41) is 13.9. The first-order valence-corrected chi connectivity index (χ1v) is 10.6. The molecule has 0 fully saturated rings. The lowest BCUT2D eigenvalue weighted by atomic mass is 10.1. The third kappa shape index (κ3) is 6.90. The van der Waals surface area contributed by atoms with Crippen LogP contribution < -0.4 is 10.6 Å². The number of anilines is 2. The summed E-state index contributed by atoms with van der Waals surface area (Å²) in [4.78, 5) is 31.2. The molecule has 2 amide bonds. The first-order chi connectivity index (χ1) is 15.1. The van der Waals surface area contributed by atoms with Crippen LogP contribution in [0.5, 0.6) is 0 Å². The number of likely N-dealkylation sites (N-methyl/N-ethyl adjacent to an activating group) is 1. The molecule has 0 saturated carbocycles. The number of carbonyl (C=O) groups is 2. The van der Waals surface area contributed by atoms with Gasteiger partial charge in [0, 0.05) is 35.9 Å². The second-order valence-corrected chi connectivity index (χ2v) is 8.16. The van der Waals surface area contributed by atoms with E-state index < -0.39 is 11.8 Å². The molecule has 0 atom stereocenters. The van der Waals surface area contributed by atoms with Gasteiger partial charge < -0.3 is 15.5 Å². The monoisotopic (exact) mass is 515 g/mol. The molecule has 0 unspecified atom stereocenters. The van der Waals surface area contributed by atoms with E-state index in [0.29, 0.717) is 32.4 Å². The Labute approximate surface area is 200 Å². The van der Waals surface area contributed by atoms with Crippen molar-refractivity contribution < 1.29 is 9.59 Å². The Morgan fingerprint density at radius 1 is 1.19 bits per heavy atom. The molecule has 0 bridgehead atoms. The van der Waals surface area contributed by atoms with Crippen molar-refractivity contribution in [1.82, 2.24) is 9.88 Å². The van der Waals surface area contributed by atoms with Gasteiger partial charge in [0.25, 0.3) is 11.8 Å². The van der Waals surface area contributed by atoms with Gasteiger partial charge in [0.1, 0.15) is 11.7 Å². The second kappa shape index (κ2) is 11.4. The topological polar surface area (TPSA) is 98.2 Å². The fraction of sp³-hybridized carbons (Fsp3) is 0.130. The van der Waals surface area contributed by atoms with Gasteiger partial charge in [-0.15, -0.1) is 0 Å². The zero-order chi connectivity index (χ0) is 23.8. The Morgan fingerprint density at radius 3 is 2.50 bits per heavy atom. The zero-order valence-electron chi connectivity index (χ0n) is 17.9. The highest BCUT2D eigenvalue weighted by Gasteiger charge is 2.16. The Balaban J connectivity index is 2.18. The van der Waals surface area contributed by atoms with Gasteiger partial charge >= 0.3 is 0 Å². The highest BCUT2D eigenvalue weighted by Crippen LogP contribution is 2.23. The maximum absolute atomic E-state index is 12.8. The van der Waals surface area contributed by atoms with Gasteiger partial charge in [0.2, 0.25) is 0 Å². The highest BCUT2D eigenvalue weighted by molar-refractivity contribution is 9.10. The van der Waals surface area contributed by atoms with Crippen molar-refractivity contribution in [3.05, 3.63) is 87.5 Å². The molecule has 1 heterocycles. The minimum atomic E-state index is -0.478. The molecule has 166 valence electrons. The fourth-order valence-electron chi connectivity index (χ4n) is 2.49. The second-order valence-electron chi connectivity index (χ2n) is 6.81. The van der Waals surface area contributed by atoms with E-state index in [1.807, 2.05) is 6.92 Å². The third-order valence-electron chi connectivity index (χ3n) is 4.23. The first-order valence-electron chi connectivity index (χ1n) is 9.45. The number of nitrogens with zero attached hydrogens (tertiary/aromatic N) is 2. The summed E-state index contributed by atoms with van der Waals surface area (Å²) in [5.74, 6) is -0.298. The summed E-state index contributed by atoms with van der Waals surface area (Å²) in [6.45, 7) is 5.60. The Kier molecular flexibility index (Phi) is 8.92. The van der Waals surface area contributed by atoms with Gasteiger partial charge in [0.15, 0.2) is 0 Å². The Bertz CT molecular complexity index is 1110. The number of pyridine rings is 1. The van der Waals surface area contributed by atoms with Gasteiger partial charge in [-0.2, -0.15) is 0 Å². The molecule has 0 saturated heterocycles. The van der Waals surface area contributed by atoms with E-state index in [0.717, 1.165) is 0 Å². The quantitative estimate of drug-likeness (QED) is 0.202. The van der Waals surface area contributed by atoms with Crippen LogP contribution in [-0.4, -0.2) is 41.6 Å². The zero-order valence-corrected chi connectivity index (χ0v) is 20.2. The predicted octanol–water partition coefficient (Wildman–Crippen LogP) is 5.29. The largest absolute Gasteiger partial charge is 0.363 e. The molecule has 0 radical (unpaired) electrons. The molecule has 0 aliphatic carbocycles. The van der Waals surface area contributed by atoms with Gasteiger partial charge in [-0.1, -0.05) is 46.3 Å². The number of rotatable bonds is 7. The van der Waals surface area contributed by atoms with Crippen molar-refractivity contribution in [2.75, 3.05) is 24.7 Å². The van der Waals surface area contributed by atoms with Crippen LogP contribution in [0.15, 0.2) is 77.0 Å². The van der Waals surface area contributed by atoms with Gasteiger partial charge in [-0.25, -0.2) is 4.98 Å². The fourth-order valence-corrected chi connectivity index (χ4v) is 2.96. The number of amidine groups is 1. The van der Waals surface area contributed by atoms with Crippen LogP contribution in [0, 0.1) is 5.41 Å². The smallest absolute Gasteiger partial charge is 0.258 e. The minimum Gasteiger partial charge on any atom is -0.363 e. The van der Waals surface area contributed by atoms with E-state index in [9.17, 15) is 9.59 Å². The molecular weight excluding hydrogens is 494 g/mol. The molecule has 9 heteroatoms. The standard InChI is InChI=1S/C23H23BrClN5O2/c1-5-15(21(26)30(3)4)7-6-14(2)22(31)28-19-10-8-16(24)12-18(19)23(32)29-20-11-9-17(25)13-27-20/h5-13,26H,2H2,1,3-4H3,(H,28,31)(H,27,29,32)/b7-6-,15-5+,26-21?. The molecule has 0 aliphatic heterocycles. The summed E-state index contributed by atoms with van der Waals surface area (Å²) in [6.07, 6.45) is 6.36. The summed E-state index contributed by atoms with van der Waals surface area (Å²) in [5.41, 5.74) is 1.36. The molecule has 3 N–H and O–H groups in total. The van der Waals surface area contributed by atoms with Crippen LogP contribution in [0.25, 0.3) is 0 Å².